The molecular formula is C15H12N2O. The van der Waals surface area contributed by atoms with Crippen LogP contribution < -0.4 is 5.56 Å². The van der Waals surface area contributed by atoms with Crippen LogP contribution in [0.15, 0.2) is 53.3 Å². The molecule has 3 heteroatoms. The lowest BCUT2D eigenvalue weighted by Gasteiger charge is -2.06. The molecule has 3 nitrogen and oxygen atoms in total. The Morgan fingerprint density at radius 1 is 1.00 bits per heavy atom. The maximum absolute atomic E-state index is 12.1. The first-order chi connectivity index (χ1) is 8.75. The van der Waals surface area contributed by atoms with E-state index in [0.717, 1.165) is 16.6 Å². The third kappa shape index (κ3) is 1.70. The smallest absolute Gasteiger partial charge is 0.259 e. The Balaban J connectivity index is 2.41. The summed E-state index contributed by atoms with van der Waals surface area (Å²) in [6.45, 7) is 1.79. The predicted molar refractivity (Wildman–Crippen MR) is 72.5 cm³/mol. The fraction of sp³-hybridized carbons (Fsp3) is 0.0667. The Bertz CT molecular complexity index is 760. The number of nitrogens with one attached hydrogen (secondary N) is 1. The number of aromatic amines is 1. The second-order valence-electron chi connectivity index (χ2n) is 4.22. The summed E-state index contributed by atoms with van der Waals surface area (Å²) < 4.78 is 0. The number of nitrogens with zero attached hydrogens (tertiary/aromatic N) is 1. The average Bonchev–Trinajstić information content (AvgIpc) is 2.38. The van der Waals surface area contributed by atoms with E-state index in [2.05, 4.69) is 9.97 Å². The van der Waals surface area contributed by atoms with Crippen LogP contribution in [0.25, 0.3) is 22.0 Å². The van der Waals surface area contributed by atoms with Crippen LogP contribution in [0.1, 0.15) is 5.82 Å². The van der Waals surface area contributed by atoms with Crippen LogP contribution in [0.3, 0.4) is 0 Å². The molecule has 0 aliphatic heterocycles. The molecule has 1 N–H and O–H groups in total. The molecule has 0 amide bonds. The summed E-state index contributed by atoms with van der Waals surface area (Å²) in [5, 5.41) is 0.648. The lowest BCUT2D eigenvalue weighted by atomic mass is 10.0. The van der Waals surface area contributed by atoms with Crippen molar-refractivity contribution < 1.29 is 0 Å². The summed E-state index contributed by atoms with van der Waals surface area (Å²) >= 11 is 0. The first-order valence-electron chi connectivity index (χ1n) is 5.81. The second-order valence-corrected chi connectivity index (χ2v) is 4.22. The summed E-state index contributed by atoms with van der Waals surface area (Å²) in [4.78, 5) is 19.2. The minimum absolute atomic E-state index is 0.0862. The van der Waals surface area contributed by atoms with Gasteiger partial charge in [-0.1, -0.05) is 42.5 Å². The van der Waals surface area contributed by atoms with E-state index < -0.39 is 0 Å². The lowest BCUT2D eigenvalue weighted by molar-refractivity contribution is 1.06. The van der Waals surface area contributed by atoms with Crippen LogP contribution in [-0.4, -0.2) is 9.97 Å². The zero-order valence-corrected chi connectivity index (χ0v) is 9.97. The Morgan fingerprint density at radius 2 is 1.78 bits per heavy atom. The van der Waals surface area contributed by atoms with Gasteiger partial charge >= 0.3 is 0 Å². The van der Waals surface area contributed by atoms with Gasteiger partial charge in [-0.15, -0.1) is 0 Å². The van der Waals surface area contributed by atoms with Crippen molar-refractivity contribution in [2.24, 2.45) is 0 Å². The van der Waals surface area contributed by atoms with Crippen LogP contribution >= 0.6 is 0 Å². The van der Waals surface area contributed by atoms with Crippen molar-refractivity contribution in [2.45, 2.75) is 6.92 Å². The van der Waals surface area contributed by atoms with Crippen molar-refractivity contribution in [1.29, 1.82) is 0 Å². The monoisotopic (exact) mass is 236 g/mol. The van der Waals surface area contributed by atoms with Crippen molar-refractivity contribution in [3.63, 3.8) is 0 Å². The minimum Gasteiger partial charge on any atom is -0.310 e. The number of benzene rings is 2. The number of fused-ring (bicyclic) bond motifs is 1. The molecule has 1 aromatic heterocycles. The molecule has 3 rings (SSSR count). The first kappa shape index (κ1) is 10.7. The van der Waals surface area contributed by atoms with Crippen molar-refractivity contribution in [3.8, 4) is 11.1 Å². The fourth-order valence-electron chi connectivity index (χ4n) is 2.17. The highest BCUT2D eigenvalue weighted by atomic mass is 16.1. The molecule has 0 aliphatic rings. The molecule has 0 spiro atoms. The Morgan fingerprint density at radius 3 is 2.56 bits per heavy atom. The van der Waals surface area contributed by atoms with Gasteiger partial charge in [-0.05, 0) is 24.1 Å². The highest BCUT2D eigenvalue weighted by molar-refractivity contribution is 5.93. The number of hydrogen-bond donors (Lipinski definition) is 1. The van der Waals surface area contributed by atoms with E-state index >= 15 is 0 Å². The maximum Gasteiger partial charge on any atom is 0.259 e. The van der Waals surface area contributed by atoms with E-state index in [-0.39, 0.29) is 5.56 Å². The molecule has 88 valence electrons. The zero-order valence-electron chi connectivity index (χ0n) is 9.97. The van der Waals surface area contributed by atoms with Crippen molar-refractivity contribution in [3.05, 3.63) is 64.7 Å². The van der Waals surface area contributed by atoms with E-state index in [1.807, 2.05) is 48.5 Å². The van der Waals surface area contributed by atoms with Crippen molar-refractivity contribution >= 4 is 10.9 Å². The standard InChI is InChI=1S/C15H12N2O/c1-10-16-13-9-5-8-12(14(13)15(18)17-10)11-6-3-2-4-7-11/h2-9H,1H3,(H,16,17,18). The van der Waals surface area contributed by atoms with Crippen LogP contribution in [0.2, 0.25) is 0 Å². The largest absolute Gasteiger partial charge is 0.310 e. The highest BCUT2D eigenvalue weighted by Crippen LogP contribution is 2.24. The van der Waals surface area contributed by atoms with E-state index in [1.54, 1.807) is 6.92 Å². The maximum atomic E-state index is 12.1. The van der Waals surface area contributed by atoms with Gasteiger partial charge in [-0.2, -0.15) is 0 Å². The normalized spacial score (nSPS) is 10.7. The Labute approximate surface area is 104 Å². The molecule has 3 aromatic rings. The molecule has 0 fully saturated rings. The number of aromatic nitrogens is 2. The van der Waals surface area contributed by atoms with Gasteiger partial charge in [0.05, 0.1) is 10.9 Å². The molecular weight excluding hydrogens is 224 g/mol. The number of H-pyrrole nitrogens is 1. The Kier molecular flexibility index (Phi) is 2.45. The zero-order chi connectivity index (χ0) is 12.5. The van der Waals surface area contributed by atoms with Crippen LogP contribution in [0.4, 0.5) is 0 Å². The van der Waals surface area contributed by atoms with Gasteiger partial charge in [-0.3, -0.25) is 4.79 Å². The van der Waals surface area contributed by atoms with Crippen molar-refractivity contribution in [2.75, 3.05) is 0 Å². The summed E-state index contributed by atoms with van der Waals surface area (Å²) in [6, 6.07) is 15.6. The SMILES string of the molecule is Cc1nc2cccc(-c3ccccc3)c2c(=O)[nH]1. The van der Waals surface area contributed by atoms with E-state index in [4.69, 9.17) is 0 Å². The lowest BCUT2D eigenvalue weighted by Crippen LogP contribution is -2.10. The third-order valence-electron chi connectivity index (χ3n) is 2.94. The number of hydrogen-bond acceptors (Lipinski definition) is 2. The summed E-state index contributed by atoms with van der Waals surface area (Å²) in [7, 11) is 0. The molecule has 0 bridgehead atoms. The predicted octanol–water partition coefficient (Wildman–Crippen LogP) is 2.90. The molecule has 0 unspecified atom stereocenters. The van der Waals surface area contributed by atoms with Gasteiger partial charge in [0, 0.05) is 0 Å². The van der Waals surface area contributed by atoms with Gasteiger partial charge in [0.25, 0.3) is 5.56 Å². The van der Waals surface area contributed by atoms with Crippen LogP contribution in [0.5, 0.6) is 0 Å². The quantitative estimate of drug-likeness (QED) is 0.706. The van der Waals surface area contributed by atoms with Crippen LogP contribution in [0, 0.1) is 6.92 Å². The molecule has 18 heavy (non-hydrogen) atoms. The number of rotatable bonds is 1. The summed E-state index contributed by atoms with van der Waals surface area (Å²) in [5.41, 5.74) is 2.59. The number of aryl methyl sites for hydroxylation is 1. The highest BCUT2D eigenvalue weighted by Gasteiger charge is 2.08. The molecule has 0 saturated heterocycles. The van der Waals surface area contributed by atoms with Gasteiger partial charge in [0.1, 0.15) is 5.82 Å². The molecule has 1 heterocycles. The third-order valence-corrected chi connectivity index (χ3v) is 2.94. The van der Waals surface area contributed by atoms with Crippen molar-refractivity contribution in [1.82, 2.24) is 9.97 Å². The molecule has 0 aliphatic carbocycles. The van der Waals surface area contributed by atoms with Gasteiger partial charge in [0.2, 0.25) is 0 Å². The second kappa shape index (κ2) is 4.11. The van der Waals surface area contributed by atoms with Gasteiger partial charge < -0.3 is 4.98 Å². The summed E-state index contributed by atoms with van der Waals surface area (Å²) in [5.74, 6) is 0.637. The average molecular weight is 236 g/mol. The molecule has 0 radical (unpaired) electrons. The summed E-state index contributed by atoms with van der Waals surface area (Å²) in [6.07, 6.45) is 0. The molecule has 2 aromatic carbocycles. The molecule has 0 saturated carbocycles. The Hall–Kier alpha value is -2.42. The first-order valence-corrected chi connectivity index (χ1v) is 5.81. The topological polar surface area (TPSA) is 45.8 Å². The van der Waals surface area contributed by atoms with Crippen LogP contribution in [-0.2, 0) is 0 Å². The fourth-order valence-corrected chi connectivity index (χ4v) is 2.17. The van der Waals surface area contributed by atoms with E-state index in [0.29, 0.717) is 11.2 Å². The van der Waals surface area contributed by atoms with E-state index in [9.17, 15) is 4.79 Å². The van der Waals surface area contributed by atoms with E-state index in [1.165, 1.54) is 0 Å². The van der Waals surface area contributed by atoms with Gasteiger partial charge in [0.15, 0.2) is 0 Å². The molecule has 0 atom stereocenters. The minimum atomic E-state index is -0.0862. The van der Waals surface area contributed by atoms with Gasteiger partial charge in [-0.25, -0.2) is 4.98 Å².